The molecule has 7 heteroatoms. The van der Waals surface area contributed by atoms with Crippen molar-refractivity contribution in [2.24, 2.45) is 5.92 Å². The molecule has 1 aliphatic heterocycles. The maximum Gasteiger partial charge on any atom is 0.358 e. The zero-order valence-corrected chi connectivity index (χ0v) is 12.7. The van der Waals surface area contributed by atoms with E-state index in [2.05, 4.69) is 9.72 Å². The Morgan fingerprint density at radius 2 is 2.29 bits per heavy atom. The molecule has 1 unspecified atom stereocenters. The fraction of sp³-hybridized carbons (Fsp3) is 0.429. The van der Waals surface area contributed by atoms with Gasteiger partial charge in [-0.15, -0.1) is 0 Å². The van der Waals surface area contributed by atoms with Gasteiger partial charge in [-0.25, -0.2) is 9.78 Å². The van der Waals surface area contributed by atoms with Crippen LogP contribution in [0.4, 0.5) is 5.69 Å². The summed E-state index contributed by atoms with van der Waals surface area (Å²) >= 11 is 1.22. The fourth-order valence-electron chi connectivity index (χ4n) is 2.23. The van der Waals surface area contributed by atoms with Crippen LogP contribution in [0.25, 0.3) is 0 Å². The lowest BCUT2D eigenvalue weighted by atomic mass is 10.1. The average molecular weight is 308 g/mol. The van der Waals surface area contributed by atoms with E-state index in [9.17, 15) is 14.4 Å². The van der Waals surface area contributed by atoms with E-state index in [0.29, 0.717) is 24.4 Å². The van der Waals surface area contributed by atoms with Crippen LogP contribution in [0.15, 0.2) is 18.3 Å². The van der Waals surface area contributed by atoms with E-state index in [4.69, 9.17) is 0 Å². The molecule has 0 saturated carbocycles. The second kappa shape index (κ2) is 6.71. The lowest BCUT2D eigenvalue weighted by Crippen LogP contribution is -2.27. The van der Waals surface area contributed by atoms with Crippen LogP contribution in [0, 0.1) is 5.92 Å². The first-order chi connectivity index (χ1) is 10.0. The molecule has 1 aliphatic rings. The highest BCUT2D eigenvalue weighted by atomic mass is 32.2. The molecule has 1 fully saturated rings. The number of anilines is 1. The Bertz CT molecular complexity index is 576. The van der Waals surface area contributed by atoms with Crippen molar-refractivity contribution in [2.75, 3.05) is 24.3 Å². The van der Waals surface area contributed by atoms with Gasteiger partial charge < -0.3 is 9.64 Å². The lowest BCUT2D eigenvalue weighted by Gasteiger charge is -2.18. The summed E-state index contributed by atoms with van der Waals surface area (Å²) < 4.78 is 4.69. The summed E-state index contributed by atoms with van der Waals surface area (Å²) in [6.45, 7) is 1.99. The Morgan fingerprint density at radius 1 is 1.52 bits per heavy atom. The van der Waals surface area contributed by atoms with Gasteiger partial charge in [-0.05, 0) is 18.1 Å². The molecule has 0 bridgehead atoms. The molecule has 0 aliphatic carbocycles. The second-order valence-corrected chi connectivity index (χ2v) is 5.94. The zero-order chi connectivity index (χ0) is 15.4. The Labute approximate surface area is 126 Å². The quantitative estimate of drug-likeness (QED) is 0.785. The van der Waals surface area contributed by atoms with E-state index in [1.807, 2.05) is 0 Å². The van der Waals surface area contributed by atoms with Crippen LogP contribution in [0.2, 0.25) is 0 Å². The molecule has 0 radical (unpaired) electrons. The second-order valence-electron chi connectivity index (χ2n) is 4.74. The molecular weight excluding hydrogens is 292 g/mol. The van der Waals surface area contributed by atoms with Gasteiger partial charge in [0.2, 0.25) is 5.91 Å². The molecule has 2 rings (SSSR count). The van der Waals surface area contributed by atoms with Gasteiger partial charge in [-0.1, -0.05) is 11.8 Å². The standard InChI is InChI=1S/C14H16N2O4S/c1-9(17)21-8-10-6-12(18)16(7-10)11-4-3-5-15-13(11)14(19)20-2/h3-5,10H,6-8H2,1-2H3. The summed E-state index contributed by atoms with van der Waals surface area (Å²) in [5.41, 5.74) is 0.595. The van der Waals surface area contributed by atoms with Crippen molar-refractivity contribution in [3.05, 3.63) is 24.0 Å². The number of rotatable bonds is 4. The number of methoxy groups -OCH3 is 1. The van der Waals surface area contributed by atoms with E-state index in [-0.39, 0.29) is 22.6 Å². The third-order valence-corrected chi connectivity index (χ3v) is 4.23. The first-order valence-electron chi connectivity index (χ1n) is 6.50. The number of esters is 1. The molecule has 1 amide bonds. The van der Waals surface area contributed by atoms with Gasteiger partial charge in [0, 0.05) is 31.8 Å². The van der Waals surface area contributed by atoms with Crippen LogP contribution >= 0.6 is 11.8 Å². The summed E-state index contributed by atoms with van der Waals surface area (Å²) in [6, 6.07) is 3.35. The number of aromatic nitrogens is 1. The van der Waals surface area contributed by atoms with Gasteiger partial charge in [0.1, 0.15) is 0 Å². The zero-order valence-electron chi connectivity index (χ0n) is 11.9. The minimum atomic E-state index is -0.569. The van der Waals surface area contributed by atoms with E-state index in [1.54, 1.807) is 17.0 Å². The van der Waals surface area contributed by atoms with Crippen molar-refractivity contribution in [1.82, 2.24) is 4.98 Å². The third-order valence-electron chi connectivity index (χ3n) is 3.18. The summed E-state index contributed by atoms with van der Waals surface area (Å²) in [6.07, 6.45) is 1.86. The molecule has 0 N–H and O–H groups in total. The highest BCUT2D eigenvalue weighted by Gasteiger charge is 2.33. The predicted molar refractivity (Wildman–Crippen MR) is 79.2 cm³/mol. The Kier molecular flexibility index (Phi) is 4.95. The maximum absolute atomic E-state index is 12.1. The summed E-state index contributed by atoms with van der Waals surface area (Å²) in [4.78, 5) is 40.4. The van der Waals surface area contributed by atoms with E-state index in [0.717, 1.165) is 0 Å². The number of thioether (sulfide) groups is 1. The molecule has 1 aromatic rings. The van der Waals surface area contributed by atoms with E-state index in [1.165, 1.54) is 32.0 Å². The normalized spacial score (nSPS) is 17.9. The van der Waals surface area contributed by atoms with Gasteiger partial charge in [0.05, 0.1) is 12.8 Å². The van der Waals surface area contributed by atoms with Crippen LogP contribution in [0.3, 0.4) is 0 Å². The number of carbonyl (C=O) groups is 3. The smallest absolute Gasteiger partial charge is 0.358 e. The SMILES string of the molecule is COC(=O)c1ncccc1N1CC(CSC(C)=O)CC1=O. The van der Waals surface area contributed by atoms with Gasteiger partial charge >= 0.3 is 5.97 Å². The molecule has 1 aromatic heterocycles. The van der Waals surface area contributed by atoms with Crippen molar-refractivity contribution in [3.63, 3.8) is 0 Å². The number of hydrogen-bond donors (Lipinski definition) is 0. The molecule has 0 spiro atoms. The number of nitrogens with zero attached hydrogens (tertiary/aromatic N) is 2. The minimum Gasteiger partial charge on any atom is -0.464 e. The molecule has 1 atom stereocenters. The molecular formula is C14H16N2O4S. The fourth-order valence-corrected chi connectivity index (χ4v) is 2.92. The summed E-state index contributed by atoms with van der Waals surface area (Å²) in [5.74, 6) is 0.0603. The maximum atomic E-state index is 12.1. The number of carbonyl (C=O) groups excluding carboxylic acids is 3. The van der Waals surface area contributed by atoms with Crippen molar-refractivity contribution in [3.8, 4) is 0 Å². The molecule has 1 saturated heterocycles. The van der Waals surface area contributed by atoms with Crippen LogP contribution in [-0.2, 0) is 14.3 Å². The Hall–Kier alpha value is -1.89. The average Bonchev–Trinajstić information content (AvgIpc) is 2.85. The number of pyridine rings is 1. The van der Waals surface area contributed by atoms with Crippen LogP contribution in [-0.4, -0.2) is 41.4 Å². The van der Waals surface area contributed by atoms with E-state index >= 15 is 0 Å². The van der Waals surface area contributed by atoms with Gasteiger partial charge in [0.15, 0.2) is 10.8 Å². The minimum absolute atomic E-state index is 0.0394. The van der Waals surface area contributed by atoms with Crippen molar-refractivity contribution < 1.29 is 19.1 Å². The Morgan fingerprint density at radius 3 is 2.95 bits per heavy atom. The van der Waals surface area contributed by atoms with Crippen LogP contribution in [0.5, 0.6) is 0 Å². The first kappa shape index (κ1) is 15.5. The Balaban J connectivity index is 2.17. The number of amides is 1. The molecule has 112 valence electrons. The summed E-state index contributed by atoms with van der Waals surface area (Å²) in [5, 5.41) is 0.0394. The third kappa shape index (κ3) is 3.60. The number of hydrogen-bond acceptors (Lipinski definition) is 6. The van der Waals surface area contributed by atoms with Gasteiger partial charge in [-0.3, -0.25) is 9.59 Å². The first-order valence-corrected chi connectivity index (χ1v) is 7.48. The van der Waals surface area contributed by atoms with Gasteiger partial charge in [0.25, 0.3) is 0 Å². The largest absolute Gasteiger partial charge is 0.464 e. The highest BCUT2D eigenvalue weighted by molar-refractivity contribution is 8.13. The van der Waals surface area contributed by atoms with Crippen LogP contribution < -0.4 is 4.90 Å². The molecule has 2 heterocycles. The predicted octanol–water partition coefficient (Wildman–Crippen LogP) is 1.50. The molecule has 6 nitrogen and oxygen atoms in total. The number of ether oxygens (including phenoxy) is 1. The van der Waals surface area contributed by atoms with Crippen molar-refractivity contribution >= 4 is 34.4 Å². The topological polar surface area (TPSA) is 76.6 Å². The van der Waals surface area contributed by atoms with Crippen molar-refractivity contribution in [1.29, 1.82) is 0 Å². The van der Waals surface area contributed by atoms with Crippen LogP contribution in [0.1, 0.15) is 23.8 Å². The lowest BCUT2D eigenvalue weighted by molar-refractivity contribution is -0.117. The monoisotopic (exact) mass is 308 g/mol. The van der Waals surface area contributed by atoms with Gasteiger partial charge in [-0.2, -0.15) is 0 Å². The molecule has 0 aromatic carbocycles. The summed E-state index contributed by atoms with van der Waals surface area (Å²) in [7, 11) is 1.28. The molecule has 21 heavy (non-hydrogen) atoms. The highest BCUT2D eigenvalue weighted by Crippen LogP contribution is 2.29. The van der Waals surface area contributed by atoms with E-state index < -0.39 is 5.97 Å². The van der Waals surface area contributed by atoms with Crippen molar-refractivity contribution in [2.45, 2.75) is 13.3 Å².